The number of anilines is 1. The minimum absolute atomic E-state index is 0.714. The van der Waals surface area contributed by atoms with Crippen LogP contribution in [0.2, 0.25) is 0 Å². The van der Waals surface area contributed by atoms with E-state index in [0.29, 0.717) is 5.69 Å². The zero-order valence-corrected chi connectivity index (χ0v) is 11.7. The molecule has 2 N–H and O–H groups in total. The normalized spacial score (nSPS) is 10.8. The molecule has 0 fully saturated rings. The van der Waals surface area contributed by atoms with E-state index in [1.807, 2.05) is 23.0 Å². The van der Waals surface area contributed by atoms with Gasteiger partial charge in [0.1, 0.15) is 5.69 Å². The molecule has 0 bridgehead atoms. The van der Waals surface area contributed by atoms with Crippen LogP contribution in [0.25, 0.3) is 16.3 Å². The SMILES string of the molecule is Cc1ccc(-n2cc(N)c(-c3sccc3C)n2)cc1. The van der Waals surface area contributed by atoms with Gasteiger partial charge in [-0.25, -0.2) is 4.68 Å². The molecule has 2 heterocycles. The molecule has 2 aromatic heterocycles. The molecule has 0 unspecified atom stereocenters. The first-order valence-corrected chi connectivity index (χ1v) is 7.00. The lowest BCUT2D eigenvalue weighted by Gasteiger charge is -2.01. The summed E-state index contributed by atoms with van der Waals surface area (Å²) in [6, 6.07) is 10.3. The van der Waals surface area contributed by atoms with Crippen molar-refractivity contribution in [2.24, 2.45) is 0 Å². The smallest absolute Gasteiger partial charge is 0.126 e. The number of rotatable bonds is 2. The molecule has 0 radical (unpaired) electrons. The van der Waals surface area contributed by atoms with Gasteiger partial charge in [-0.05, 0) is 43.0 Å². The lowest BCUT2D eigenvalue weighted by molar-refractivity contribution is 0.884. The zero-order valence-electron chi connectivity index (χ0n) is 10.9. The average Bonchev–Trinajstić information content (AvgIpc) is 2.96. The van der Waals surface area contributed by atoms with Crippen LogP contribution in [0.15, 0.2) is 41.9 Å². The van der Waals surface area contributed by atoms with Crippen molar-refractivity contribution in [2.75, 3.05) is 5.73 Å². The monoisotopic (exact) mass is 269 g/mol. The maximum atomic E-state index is 6.09. The number of aromatic nitrogens is 2. The molecular weight excluding hydrogens is 254 g/mol. The molecule has 1 aromatic carbocycles. The van der Waals surface area contributed by atoms with E-state index in [4.69, 9.17) is 5.73 Å². The molecule has 3 aromatic rings. The van der Waals surface area contributed by atoms with Crippen LogP contribution in [0.5, 0.6) is 0 Å². The molecule has 0 atom stereocenters. The quantitative estimate of drug-likeness (QED) is 0.769. The summed E-state index contributed by atoms with van der Waals surface area (Å²) in [6.07, 6.45) is 1.87. The van der Waals surface area contributed by atoms with Gasteiger partial charge in [-0.1, -0.05) is 17.7 Å². The summed E-state index contributed by atoms with van der Waals surface area (Å²) in [5, 5.41) is 6.68. The number of hydrogen-bond acceptors (Lipinski definition) is 3. The van der Waals surface area contributed by atoms with E-state index in [9.17, 15) is 0 Å². The molecule has 0 aliphatic heterocycles. The van der Waals surface area contributed by atoms with Gasteiger partial charge in [-0.3, -0.25) is 0 Å². The third-order valence-electron chi connectivity index (χ3n) is 3.12. The topological polar surface area (TPSA) is 43.8 Å². The van der Waals surface area contributed by atoms with Crippen molar-refractivity contribution in [3.63, 3.8) is 0 Å². The molecule has 4 heteroatoms. The highest BCUT2D eigenvalue weighted by Gasteiger charge is 2.12. The van der Waals surface area contributed by atoms with E-state index in [-0.39, 0.29) is 0 Å². The molecule has 0 aliphatic rings. The Morgan fingerprint density at radius 3 is 2.47 bits per heavy atom. The van der Waals surface area contributed by atoms with Crippen molar-refractivity contribution in [3.05, 3.63) is 53.0 Å². The van der Waals surface area contributed by atoms with Crippen LogP contribution < -0.4 is 5.73 Å². The second-order valence-electron chi connectivity index (χ2n) is 4.65. The Kier molecular flexibility index (Phi) is 2.87. The van der Waals surface area contributed by atoms with Gasteiger partial charge in [-0.2, -0.15) is 5.10 Å². The third kappa shape index (κ3) is 2.15. The van der Waals surface area contributed by atoms with Crippen molar-refractivity contribution in [1.29, 1.82) is 0 Å². The summed E-state index contributed by atoms with van der Waals surface area (Å²) in [6.45, 7) is 4.15. The maximum absolute atomic E-state index is 6.09. The Hall–Kier alpha value is -2.07. The summed E-state index contributed by atoms with van der Waals surface area (Å²) in [7, 11) is 0. The Bertz CT molecular complexity index is 707. The lowest BCUT2D eigenvalue weighted by atomic mass is 10.2. The number of nitrogens with zero attached hydrogens (tertiary/aromatic N) is 2. The first-order chi connectivity index (χ1) is 9.15. The van der Waals surface area contributed by atoms with Gasteiger partial charge in [0.25, 0.3) is 0 Å². The van der Waals surface area contributed by atoms with Crippen LogP contribution in [0, 0.1) is 13.8 Å². The van der Waals surface area contributed by atoms with Crippen LogP contribution in [0.1, 0.15) is 11.1 Å². The number of aryl methyl sites for hydroxylation is 2. The Balaban J connectivity index is 2.07. The minimum Gasteiger partial charge on any atom is -0.396 e. The molecule has 0 amide bonds. The van der Waals surface area contributed by atoms with Gasteiger partial charge in [0.05, 0.1) is 22.4 Å². The number of thiophene rings is 1. The summed E-state index contributed by atoms with van der Waals surface area (Å²) in [4.78, 5) is 1.14. The fraction of sp³-hybridized carbons (Fsp3) is 0.133. The van der Waals surface area contributed by atoms with Crippen molar-refractivity contribution in [2.45, 2.75) is 13.8 Å². The standard InChI is InChI=1S/C15H15N3S/c1-10-3-5-12(6-4-10)18-9-13(16)14(17-18)15-11(2)7-8-19-15/h3-9H,16H2,1-2H3. The van der Waals surface area contributed by atoms with Crippen LogP contribution in [-0.4, -0.2) is 9.78 Å². The first-order valence-electron chi connectivity index (χ1n) is 6.12. The average molecular weight is 269 g/mol. The summed E-state index contributed by atoms with van der Waals surface area (Å²) < 4.78 is 1.84. The van der Waals surface area contributed by atoms with E-state index in [2.05, 4.69) is 42.5 Å². The van der Waals surface area contributed by atoms with Crippen LogP contribution >= 0.6 is 11.3 Å². The number of benzene rings is 1. The molecule has 0 saturated carbocycles. The molecule has 0 spiro atoms. The number of nitrogen functional groups attached to an aromatic ring is 1. The Labute approximate surface area is 116 Å². The maximum Gasteiger partial charge on any atom is 0.126 e. The highest BCUT2D eigenvalue weighted by molar-refractivity contribution is 7.13. The Morgan fingerprint density at radius 1 is 1.11 bits per heavy atom. The van der Waals surface area contributed by atoms with E-state index in [1.54, 1.807) is 11.3 Å². The second kappa shape index (κ2) is 4.55. The van der Waals surface area contributed by atoms with E-state index in [0.717, 1.165) is 16.3 Å². The van der Waals surface area contributed by atoms with Gasteiger partial charge in [-0.15, -0.1) is 11.3 Å². The van der Waals surface area contributed by atoms with Gasteiger partial charge in [0.2, 0.25) is 0 Å². The predicted molar refractivity (Wildman–Crippen MR) is 80.8 cm³/mol. The third-order valence-corrected chi connectivity index (χ3v) is 4.14. The molecular formula is C15H15N3S. The summed E-state index contributed by atoms with van der Waals surface area (Å²) >= 11 is 1.67. The second-order valence-corrected chi connectivity index (χ2v) is 5.56. The highest BCUT2D eigenvalue weighted by atomic mass is 32.1. The van der Waals surface area contributed by atoms with Crippen LogP contribution in [0.3, 0.4) is 0 Å². The van der Waals surface area contributed by atoms with Gasteiger partial charge < -0.3 is 5.73 Å². The van der Waals surface area contributed by atoms with E-state index >= 15 is 0 Å². The van der Waals surface area contributed by atoms with Crippen molar-refractivity contribution in [1.82, 2.24) is 9.78 Å². The minimum atomic E-state index is 0.714. The molecule has 0 saturated heterocycles. The van der Waals surface area contributed by atoms with Gasteiger partial charge >= 0.3 is 0 Å². The van der Waals surface area contributed by atoms with Crippen molar-refractivity contribution < 1.29 is 0 Å². The van der Waals surface area contributed by atoms with Crippen molar-refractivity contribution >= 4 is 17.0 Å². The molecule has 3 nitrogen and oxygen atoms in total. The largest absolute Gasteiger partial charge is 0.396 e. The molecule has 96 valence electrons. The van der Waals surface area contributed by atoms with E-state index < -0.39 is 0 Å². The molecule has 19 heavy (non-hydrogen) atoms. The summed E-state index contributed by atoms with van der Waals surface area (Å²) in [5.41, 5.74) is 11.1. The molecule has 3 rings (SSSR count). The van der Waals surface area contributed by atoms with Crippen molar-refractivity contribution in [3.8, 4) is 16.3 Å². The predicted octanol–water partition coefficient (Wildman–Crippen LogP) is 3.80. The summed E-state index contributed by atoms with van der Waals surface area (Å²) in [5.74, 6) is 0. The lowest BCUT2D eigenvalue weighted by Crippen LogP contribution is -1.94. The van der Waals surface area contributed by atoms with Crippen LogP contribution in [-0.2, 0) is 0 Å². The highest BCUT2D eigenvalue weighted by Crippen LogP contribution is 2.32. The van der Waals surface area contributed by atoms with E-state index in [1.165, 1.54) is 11.1 Å². The fourth-order valence-corrected chi connectivity index (χ4v) is 2.94. The number of nitrogens with two attached hydrogens (primary N) is 1. The molecule has 0 aliphatic carbocycles. The fourth-order valence-electron chi connectivity index (χ4n) is 2.01. The number of hydrogen-bond donors (Lipinski definition) is 1. The van der Waals surface area contributed by atoms with Gasteiger partial charge in [0.15, 0.2) is 0 Å². The Morgan fingerprint density at radius 2 is 1.84 bits per heavy atom. The van der Waals surface area contributed by atoms with Crippen LogP contribution in [0.4, 0.5) is 5.69 Å². The van der Waals surface area contributed by atoms with Gasteiger partial charge in [0, 0.05) is 0 Å². The first kappa shape index (κ1) is 12.0. The zero-order chi connectivity index (χ0) is 13.4.